The number of hydrogen-bond donors (Lipinski definition) is 1. The lowest BCUT2D eigenvalue weighted by atomic mass is 10.1. The molecule has 1 aromatic carbocycles. The minimum atomic E-state index is -0.0168. The summed E-state index contributed by atoms with van der Waals surface area (Å²) in [6.45, 7) is 3.55. The number of para-hydroxylation sites is 1. The highest BCUT2D eigenvalue weighted by molar-refractivity contribution is 5.99. The third-order valence-electron chi connectivity index (χ3n) is 3.81. The van der Waals surface area contributed by atoms with Gasteiger partial charge in [0.15, 0.2) is 0 Å². The highest BCUT2D eigenvalue weighted by Gasteiger charge is 2.27. The Labute approximate surface area is 118 Å². The first-order chi connectivity index (χ1) is 9.69. The van der Waals surface area contributed by atoms with Crippen LogP contribution in [0.3, 0.4) is 0 Å². The molecule has 0 atom stereocenters. The number of aromatic nitrogens is 1. The molecule has 0 radical (unpaired) electrons. The number of pyridine rings is 1. The summed E-state index contributed by atoms with van der Waals surface area (Å²) in [5.74, 6) is 0.661. The molecule has 4 heteroatoms. The fraction of sp³-hybridized carbons (Fsp3) is 0.375. The molecule has 1 aliphatic rings. The van der Waals surface area contributed by atoms with Crippen LogP contribution in [0.4, 0.5) is 5.69 Å². The lowest BCUT2D eigenvalue weighted by molar-refractivity contribution is 0.0751. The van der Waals surface area contributed by atoms with Crippen LogP contribution in [0.25, 0.3) is 10.9 Å². The van der Waals surface area contributed by atoms with E-state index >= 15 is 0 Å². The molecule has 2 N–H and O–H groups in total. The monoisotopic (exact) mass is 269 g/mol. The van der Waals surface area contributed by atoms with Crippen molar-refractivity contribution >= 4 is 22.5 Å². The van der Waals surface area contributed by atoms with Crippen molar-refractivity contribution in [3.63, 3.8) is 0 Å². The Morgan fingerprint density at radius 2 is 2.15 bits per heavy atom. The van der Waals surface area contributed by atoms with Crippen LogP contribution < -0.4 is 5.73 Å². The van der Waals surface area contributed by atoms with E-state index in [4.69, 9.17) is 5.73 Å². The Kier molecular flexibility index (Phi) is 3.30. The second-order valence-electron chi connectivity index (χ2n) is 5.40. The van der Waals surface area contributed by atoms with E-state index in [9.17, 15) is 4.79 Å². The molecule has 0 saturated heterocycles. The van der Waals surface area contributed by atoms with Crippen LogP contribution in [0.15, 0.2) is 30.3 Å². The third-order valence-corrected chi connectivity index (χ3v) is 3.81. The molecule has 2 aromatic rings. The number of anilines is 1. The van der Waals surface area contributed by atoms with Crippen molar-refractivity contribution in [1.82, 2.24) is 9.88 Å². The summed E-state index contributed by atoms with van der Waals surface area (Å²) >= 11 is 0. The summed E-state index contributed by atoms with van der Waals surface area (Å²) in [5.41, 5.74) is 7.88. The van der Waals surface area contributed by atoms with Gasteiger partial charge in [0.2, 0.25) is 0 Å². The second-order valence-corrected chi connectivity index (χ2v) is 5.40. The summed E-state index contributed by atoms with van der Waals surface area (Å²) in [7, 11) is 0. The largest absolute Gasteiger partial charge is 0.398 e. The first-order valence-corrected chi connectivity index (χ1v) is 7.13. The van der Waals surface area contributed by atoms with Gasteiger partial charge in [-0.05, 0) is 37.8 Å². The molecule has 1 heterocycles. The van der Waals surface area contributed by atoms with Crippen molar-refractivity contribution in [2.75, 3.05) is 18.8 Å². The molecule has 0 spiro atoms. The Morgan fingerprint density at radius 1 is 1.40 bits per heavy atom. The van der Waals surface area contributed by atoms with Crippen molar-refractivity contribution in [2.45, 2.75) is 19.8 Å². The van der Waals surface area contributed by atoms with Crippen LogP contribution in [0.2, 0.25) is 0 Å². The van der Waals surface area contributed by atoms with Gasteiger partial charge in [-0.25, -0.2) is 4.98 Å². The number of fused-ring (bicyclic) bond motifs is 1. The minimum absolute atomic E-state index is 0.0168. The number of hydrogen-bond acceptors (Lipinski definition) is 3. The maximum Gasteiger partial charge on any atom is 0.272 e. The molecule has 1 saturated carbocycles. The molecular weight excluding hydrogens is 250 g/mol. The molecule has 3 rings (SSSR count). The molecule has 1 fully saturated rings. The van der Waals surface area contributed by atoms with Crippen LogP contribution in [0, 0.1) is 5.92 Å². The number of rotatable bonds is 4. The second kappa shape index (κ2) is 5.12. The van der Waals surface area contributed by atoms with Crippen molar-refractivity contribution in [3.05, 3.63) is 36.0 Å². The van der Waals surface area contributed by atoms with Gasteiger partial charge < -0.3 is 10.6 Å². The predicted octanol–water partition coefficient (Wildman–Crippen LogP) is 2.69. The maximum absolute atomic E-state index is 12.5. The van der Waals surface area contributed by atoms with E-state index in [-0.39, 0.29) is 5.91 Å². The standard InChI is InChI=1S/C16H19N3O/c1-2-19(10-11-7-8-11)16(20)15-9-13(17)12-5-3-4-6-14(12)18-15/h3-6,9,11H,2,7-8,10H2,1H3,(H2,17,18). The van der Waals surface area contributed by atoms with Gasteiger partial charge in [-0.2, -0.15) is 0 Å². The van der Waals surface area contributed by atoms with E-state index in [0.717, 1.165) is 17.4 Å². The molecule has 1 aromatic heterocycles. The van der Waals surface area contributed by atoms with Gasteiger partial charge in [-0.1, -0.05) is 18.2 Å². The highest BCUT2D eigenvalue weighted by atomic mass is 16.2. The van der Waals surface area contributed by atoms with Gasteiger partial charge in [0.1, 0.15) is 5.69 Å². The lowest BCUT2D eigenvalue weighted by Gasteiger charge is -2.20. The zero-order chi connectivity index (χ0) is 14.1. The quantitative estimate of drug-likeness (QED) is 0.928. The van der Waals surface area contributed by atoms with Gasteiger partial charge in [-0.3, -0.25) is 4.79 Å². The predicted molar refractivity (Wildman–Crippen MR) is 80.5 cm³/mol. The Morgan fingerprint density at radius 3 is 2.85 bits per heavy atom. The molecule has 104 valence electrons. The average Bonchev–Trinajstić information content (AvgIpc) is 3.28. The molecule has 4 nitrogen and oxygen atoms in total. The maximum atomic E-state index is 12.5. The zero-order valence-corrected chi connectivity index (χ0v) is 11.7. The van der Waals surface area contributed by atoms with Crippen molar-refractivity contribution in [2.24, 2.45) is 5.92 Å². The van der Waals surface area contributed by atoms with Gasteiger partial charge in [0, 0.05) is 24.2 Å². The summed E-state index contributed by atoms with van der Waals surface area (Å²) in [6.07, 6.45) is 2.47. The number of benzene rings is 1. The molecular formula is C16H19N3O. The lowest BCUT2D eigenvalue weighted by Crippen LogP contribution is -2.33. The van der Waals surface area contributed by atoms with Gasteiger partial charge >= 0.3 is 0 Å². The van der Waals surface area contributed by atoms with E-state index in [2.05, 4.69) is 4.98 Å². The molecule has 1 amide bonds. The van der Waals surface area contributed by atoms with E-state index in [1.54, 1.807) is 6.07 Å². The minimum Gasteiger partial charge on any atom is -0.398 e. The molecule has 20 heavy (non-hydrogen) atoms. The zero-order valence-electron chi connectivity index (χ0n) is 11.7. The smallest absolute Gasteiger partial charge is 0.272 e. The number of carbonyl (C=O) groups excluding carboxylic acids is 1. The van der Waals surface area contributed by atoms with Gasteiger partial charge in [0.05, 0.1) is 5.52 Å². The normalized spacial score (nSPS) is 14.4. The Bertz CT molecular complexity index is 649. The average molecular weight is 269 g/mol. The number of nitrogens with two attached hydrogens (primary N) is 1. The topological polar surface area (TPSA) is 59.2 Å². The van der Waals surface area contributed by atoms with Crippen LogP contribution in [0.5, 0.6) is 0 Å². The first kappa shape index (κ1) is 12.9. The molecule has 1 aliphatic carbocycles. The number of nitrogens with zero attached hydrogens (tertiary/aromatic N) is 2. The van der Waals surface area contributed by atoms with Crippen LogP contribution in [-0.4, -0.2) is 28.9 Å². The Balaban J connectivity index is 1.93. The summed E-state index contributed by atoms with van der Waals surface area (Å²) in [4.78, 5) is 18.9. The first-order valence-electron chi connectivity index (χ1n) is 7.13. The number of carbonyl (C=O) groups is 1. The third kappa shape index (κ3) is 2.46. The fourth-order valence-electron chi connectivity index (χ4n) is 2.44. The van der Waals surface area contributed by atoms with Crippen molar-refractivity contribution < 1.29 is 4.79 Å². The molecule has 0 unspecified atom stereocenters. The Hall–Kier alpha value is -2.10. The fourth-order valence-corrected chi connectivity index (χ4v) is 2.44. The summed E-state index contributed by atoms with van der Waals surface area (Å²) in [6, 6.07) is 9.34. The number of nitrogen functional groups attached to an aromatic ring is 1. The summed E-state index contributed by atoms with van der Waals surface area (Å²) < 4.78 is 0. The summed E-state index contributed by atoms with van der Waals surface area (Å²) in [5, 5.41) is 0.897. The van der Waals surface area contributed by atoms with Crippen LogP contribution in [-0.2, 0) is 0 Å². The number of amides is 1. The molecule has 0 bridgehead atoms. The van der Waals surface area contributed by atoms with Crippen LogP contribution >= 0.6 is 0 Å². The SMILES string of the molecule is CCN(CC1CC1)C(=O)c1cc(N)c2ccccc2n1. The van der Waals surface area contributed by atoms with Crippen molar-refractivity contribution in [1.29, 1.82) is 0 Å². The van der Waals surface area contributed by atoms with E-state index in [0.29, 0.717) is 23.8 Å². The van der Waals surface area contributed by atoms with E-state index in [1.165, 1.54) is 12.8 Å². The van der Waals surface area contributed by atoms with Gasteiger partial charge in [-0.15, -0.1) is 0 Å². The van der Waals surface area contributed by atoms with Crippen LogP contribution in [0.1, 0.15) is 30.3 Å². The highest BCUT2D eigenvalue weighted by Crippen LogP contribution is 2.30. The van der Waals surface area contributed by atoms with E-state index in [1.807, 2.05) is 36.1 Å². The molecule has 0 aliphatic heterocycles. The van der Waals surface area contributed by atoms with E-state index < -0.39 is 0 Å². The van der Waals surface area contributed by atoms with Crippen molar-refractivity contribution in [3.8, 4) is 0 Å². The van der Waals surface area contributed by atoms with Gasteiger partial charge in [0.25, 0.3) is 5.91 Å².